The highest BCUT2D eigenvalue weighted by Crippen LogP contribution is 2.38. The molecule has 0 bridgehead atoms. The molecule has 0 N–H and O–H groups in total. The predicted molar refractivity (Wildman–Crippen MR) is 124 cm³/mol. The minimum absolute atomic E-state index is 0.769. The topological polar surface area (TPSA) is 0 Å². The summed E-state index contributed by atoms with van der Waals surface area (Å²) >= 11 is 0. The first-order valence-corrected chi connectivity index (χ1v) is 10.9. The van der Waals surface area contributed by atoms with Crippen molar-refractivity contribution >= 4 is 5.57 Å². The number of benzene rings is 1. The molecule has 1 aromatic carbocycles. The van der Waals surface area contributed by atoms with Crippen LogP contribution in [0.5, 0.6) is 0 Å². The van der Waals surface area contributed by atoms with E-state index in [1.807, 2.05) is 0 Å². The molecule has 1 aromatic rings. The summed E-state index contributed by atoms with van der Waals surface area (Å²) < 4.78 is 0. The molecule has 0 heteroatoms. The van der Waals surface area contributed by atoms with Gasteiger partial charge in [0.2, 0.25) is 0 Å². The second kappa shape index (κ2) is 9.73. The van der Waals surface area contributed by atoms with E-state index in [1.165, 1.54) is 53.5 Å². The van der Waals surface area contributed by atoms with Crippen LogP contribution in [0.25, 0.3) is 5.57 Å². The fourth-order valence-corrected chi connectivity index (χ4v) is 4.22. The largest absolute Gasteiger partial charge is 0.0912 e. The molecule has 3 rings (SSSR count). The van der Waals surface area contributed by atoms with Crippen molar-refractivity contribution in [1.82, 2.24) is 0 Å². The molecule has 0 aliphatic heterocycles. The molecule has 0 aromatic heterocycles. The van der Waals surface area contributed by atoms with Gasteiger partial charge in [-0.2, -0.15) is 0 Å². The Labute approximate surface area is 171 Å². The van der Waals surface area contributed by atoms with Gasteiger partial charge in [-0.05, 0) is 58.6 Å². The zero-order valence-corrected chi connectivity index (χ0v) is 17.6. The highest BCUT2D eigenvalue weighted by atomic mass is 14.2. The Morgan fingerprint density at radius 1 is 1.00 bits per heavy atom. The summed E-state index contributed by atoms with van der Waals surface area (Å²) in [6, 6.07) is 8.77. The Balaban J connectivity index is 1.91. The molecule has 0 fully saturated rings. The molecule has 0 saturated carbocycles. The van der Waals surface area contributed by atoms with E-state index in [0.717, 1.165) is 36.3 Å². The third-order valence-electron chi connectivity index (χ3n) is 6.06. The molecule has 0 saturated heterocycles. The molecule has 0 amide bonds. The first-order chi connectivity index (χ1) is 13.6. The molecule has 0 spiro atoms. The summed E-state index contributed by atoms with van der Waals surface area (Å²) in [4.78, 5) is 0. The fourth-order valence-electron chi connectivity index (χ4n) is 4.22. The van der Waals surface area contributed by atoms with E-state index < -0.39 is 0 Å². The number of unbranched alkanes of at least 4 members (excludes halogenated alkanes) is 1. The smallest absolute Gasteiger partial charge is 0.00134 e. The fraction of sp³-hybridized carbons (Fsp3) is 0.357. The Morgan fingerprint density at radius 3 is 2.61 bits per heavy atom. The molecule has 2 aliphatic rings. The summed E-state index contributed by atoms with van der Waals surface area (Å²) in [5.74, 6) is 0.769. The molecule has 1 atom stereocenters. The number of allylic oxidation sites excluding steroid dienone is 10. The summed E-state index contributed by atoms with van der Waals surface area (Å²) in [5.41, 5.74) is 9.00. The molecule has 28 heavy (non-hydrogen) atoms. The molecular formula is C28H34. The third-order valence-corrected chi connectivity index (χ3v) is 6.06. The van der Waals surface area contributed by atoms with E-state index in [4.69, 9.17) is 0 Å². The van der Waals surface area contributed by atoms with Crippen LogP contribution in [0.4, 0.5) is 0 Å². The molecule has 0 nitrogen and oxygen atoms in total. The van der Waals surface area contributed by atoms with Crippen LogP contribution in [0, 0.1) is 5.92 Å². The van der Waals surface area contributed by atoms with Gasteiger partial charge in [0.25, 0.3) is 0 Å². The second-order valence-corrected chi connectivity index (χ2v) is 8.14. The van der Waals surface area contributed by atoms with Crippen LogP contribution in [0.15, 0.2) is 90.1 Å². The van der Waals surface area contributed by atoms with Crippen LogP contribution in [0.3, 0.4) is 0 Å². The zero-order chi connectivity index (χ0) is 19.9. The summed E-state index contributed by atoms with van der Waals surface area (Å²) in [7, 11) is 0. The van der Waals surface area contributed by atoms with Crippen LogP contribution < -0.4 is 0 Å². The SMILES string of the molecule is C=C1/C=C\C(CC(CC)CCCC)=C/C/C=C2\C(=C/C1=C)Cc1ccccc12. The van der Waals surface area contributed by atoms with Gasteiger partial charge in [-0.25, -0.2) is 0 Å². The number of hydrogen-bond donors (Lipinski definition) is 0. The maximum Gasteiger partial charge on any atom is -0.00134 e. The lowest BCUT2D eigenvalue weighted by atomic mass is 9.91. The van der Waals surface area contributed by atoms with Gasteiger partial charge >= 0.3 is 0 Å². The van der Waals surface area contributed by atoms with E-state index in [-0.39, 0.29) is 0 Å². The maximum absolute atomic E-state index is 4.29. The highest BCUT2D eigenvalue weighted by Gasteiger charge is 2.20. The molecule has 146 valence electrons. The van der Waals surface area contributed by atoms with Crippen LogP contribution >= 0.6 is 0 Å². The second-order valence-electron chi connectivity index (χ2n) is 8.14. The van der Waals surface area contributed by atoms with Crippen molar-refractivity contribution in [2.45, 2.75) is 58.8 Å². The van der Waals surface area contributed by atoms with Crippen LogP contribution in [0.1, 0.15) is 63.5 Å². The summed E-state index contributed by atoms with van der Waals surface area (Å²) in [6.07, 6.45) is 19.8. The predicted octanol–water partition coefficient (Wildman–Crippen LogP) is 8.16. The van der Waals surface area contributed by atoms with E-state index in [9.17, 15) is 0 Å². The lowest BCUT2D eigenvalue weighted by Crippen LogP contribution is -2.00. The zero-order valence-electron chi connectivity index (χ0n) is 17.6. The first kappa shape index (κ1) is 20.4. The first-order valence-electron chi connectivity index (χ1n) is 10.9. The number of hydrogen-bond acceptors (Lipinski definition) is 0. The molecule has 0 radical (unpaired) electrons. The minimum Gasteiger partial charge on any atom is -0.0912 e. The van der Waals surface area contributed by atoms with Gasteiger partial charge in [-0.1, -0.05) is 113 Å². The van der Waals surface area contributed by atoms with Gasteiger partial charge in [0, 0.05) is 0 Å². The van der Waals surface area contributed by atoms with Crippen molar-refractivity contribution in [2.24, 2.45) is 5.92 Å². The van der Waals surface area contributed by atoms with Gasteiger partial charge in [0.15, 0.2) is 0 Å². The van der Waals surface area contributed by atoms with Crippen LogP contribution in [-0.4, -0.2) is 0 Å². The average molecular weight is 371 g/mol. The van der Waals surface area contributed by atoms with Crippen molar-refractivity contribution in [3.8, 4) is 0 Å². The van der Waals surface area contributed by atoms with Crippen molar-refractivity contribution in [3.05, 3.63) is 101 Å². The standard InChI is InChI=1S/C28H34/c1-5-7-11-23(6-2)19-24-12-10-15-28-26(18-22(4)21(3)16-17-24)20-25-13-8-9-14-27(25)28/h8-9,12-18,23H,3-7,10-11,19-20H2,1-2H3/b17-16-,24-12+,26-18-,28-15+. The Bertz CT molecular complexity index is 854. The molecule has 0 heterocycles. The van der Waals surface area contributed by atoms with Crippen molar-refractivity contribution in [2.75, 3.05) is 0 Å². The Kier molecular flexibility index (Phi) is 7.09. The number of fused-ring (bicyclic) bond motifs is 3. The Hall–Kier alpha value is -2.34. The molecular weight excluding hydrogens is 336 g/mol. The quantitative estimate of drug-likeness (QED) is 0.474. The highest BCUT2D eigenvalue weighted by molar-refractivity contribution is 5.86. The lowest BCUT2D eigenvalue weighted by Gasteiger charge is -2.15. The monoisotopic (exact) mass is 370 g/mol. The number of rotatable bonds is 6. The summed E-state index contributed by atoms with van der Waals surface area (Å²) in [6.45, 7) is 13.2. The van der Waals surface area contributed by atoms with Gasteiger partial charge < -0.3 is 0 Å². The van der Waals surface area contributed by atoms with Crippen LogP contribution in [0.2, 0.25) is 0 Å². The van der Waals surface area contributed by atoms with E-state index >= 15 is 0 Å². The maximum atomic E-state index is 4.29. The van der Waals surface area contributed by atoms with Crippen LogP contribution in [-0.2, 0) is 6.42 Å². The molecule has 1 unspecified atom stereocenters. The van der Waals surface area contributed by atoms with E-state index in [0.29, 0.717) is 0 Å². The third kappa shape index (κ3) is 4.93. The van der Waals surface area contributed by atoms with Gasteiger partial charge in [0.1, 0.15) is 0 Å². The van der Waals surface area contributed by atoms with E-state index in [1.54, 1.807) is 0 Å². The lowest BCUT2D eigenvalue weighted by molar-refractivity contribution is 0.450. The normalized spacial score (nSPS) is 24.6. The van der Waals surface area contributed by atoms with Crippen molar-refractivity contribution < 1.29 is 0 Å². The molecule has 2 aliphatic carbocycles. The Morgan fingerprint density at radius 2 is 1.82 bits per heavy atom. The van der Waals surface area contributed by atoms with Gasteiger partial charge in [-0.15, -0.1) is 0 Å². The van der Waals surface area contributed by atoms with Gasteiger partial charge in [-0.3, -0.25) is 0 Å². The van der Waals surface area contributed by atoms with Gasteiger partial charge in [0.05, 0.1) is 0 Å². The van der Waals surface area contributed by atoms with E-state index in [2.05, 4.69) is 81.7 Å². The van der Waals surface area contributed by atoms with Crippen molar-refractivity contribution in [3.63, 3.8) is 0 Å². The van der Waals surface area contributed by atoms with Crippen molar-refractivity contribution in [1.29, 1.82) is 0 Å². The summed E-state index contributed by atoms with van der Waals surface area (Å²) in [5, 5.41) is 0. The minimum atomic E-state index is 0.769. The average Bonchev–Trinajstić information content (AvgIpc) is 3.04.